The van der Waals surface area contributed by atoms with E-state index in [1.54, 1.807) is 23.3 Å². The first-order valence-corrected chi connectivity index (χ1v) is 4.81. The van der Waals surface area contributed by atoms with Gasteiger partial charge in [-0.25, -0.2) is 4.98 Å². The van der Waals surface area contributed by atoms with E-state index >= 15 is 0 Å². The highest BCUT2D eigenvalue weighted by atomic mass is 16.5. The van der Waals surface area contributed by atoms with Crippen molar-refractivity contribution in [3.8, 4) is 12.0 Å². The Morgan fingerprint density at radius 2 is 2.12 bits per heavy atom. The molecule has 0 fully saturated rings. The van der Waals surface area contributed by atoms with Crippen LogP contribution >= 0.6 is 0 Å². The summed E-state index contributed by atoms with van der Waals surface area (Å²) in [5.74, 6) is 0.509. The molecule has 0 unspecified atom stereocenters. The third-order valence-corrected chi connectivity index (χ3v) is 1.70. The molecule has 7 nitrogen and oxygen atoms in total. The number of aromatic nitrogens is 5. The van der Waals surface area contributed by atoms with Crippen LogP contribution in [0.4, 0.5) is 5.95 Å². The molecule has 0 spiro atoms. The highest BCUT2D eigenvalue weighted by Gasteiger charge is 2.08. The number of ether oxygens (including phenoxy) is 1. The molecule has 0 aliphatic carbocycles. The summed E-state index contributed by atoms with van der Waals surface area (Å²) < 4.78 is 6.99. The van der Waals surface area contributed by atoms with Crippen LogP contribution in [-0.4, -0.2) is 30.6 Å². The molecule has 2 heterocycles. The van der Waals surface area contributed by atoms with Gasteiger partial charge in [-0.05, 0) is 13.8 Å². The van der Waals surface area contributed by atoms with Gasteiger partial charge < -0.3 is 10.5 Å². The maximum Gasteiger partial charge on any atom is 0.323 e. The fourth-order valence-electron chi connectivity index (χ4n) is 1.12. The van der Waals surface area contributed by atoms with Crippen molar-refractivity contribution < 1.29 is 4.74 Å². The van der Waals surface area contributed by atoms with Gasteiger partial charge in [-0.2, -0.15) is 15.0 Å². The van der Waals surface area contributed by atoms with E-state index < -0.39 is 0 Å². The minimum atomic E-state index is -0.0163. The first-order chi connectivity index (χ1) is 7.65. The van der Waals surface area contributed by atoms with Gasteiger partial charge >= 0.3 is 6.01 Å². The van der Waals surface area contributed by atoms with Crippen molar-refractivity contribution in [3.63, 3.8) is 0 Å². The summed E-state index contributed by atoms with van der Waals surface area (Å²) in [6.45, 7) is 3.77. The smallest absolute Gasteiger partial charge is 0.323 e. The molecule has 0 aliphatic rings. The van der Waals surface area contributed by atoms with Gasteiger partial charge in [0.15, 0.2) is 0 Å². The lowest BCUT2D eigenvalue weighted by molar-refractivity contribution is 0.221. The van der Waals surface area contributed by atoms with Crippen molar-refractivity contribution in [2.75, 3.05) is 5.73 Å². The summed E-state index contributed by atoms with van der Waals surface area (Å²) in [4.78, 5) is 15.9. The van der Waals surface area contributed by atoms with E-state index in [4.69, 9.17) is 10.5 Å². The van der Waals surface area contributed by atoms with Crippen LogP contribution < -0.4 is 10.5 Å². The van der Waals surface area contributed by atoms with Crippen molar-refractivity contribution in [3.05, 3.63) is 18.7 Å². The molecule has 0 saturated carbocycles. The number of imidazole rings is 1. The van der Waals surface area contributed by atoms with Crippen LogP contribution in [-0.2, 0) is 0 Å². The van der Waals surface area contributed by atoms with Gasteiger partial charge in [0, 0.05) is 12.4 Å². The first-order valence-electron chi connectivity index (χ1n) is 4.81. The number of rotatable bonds is 3. The number of nitrogens with two attached hydrogens (primary N) is 1. The quantitative estimate of drug-likeness (QED) is 0.806. The molecule has 0 amide bonds. The second kappa shape index (κ2) is 4.13. The normalized spacial score (nSPS) is 10.7. The molecule has 2 rings (SSSR count). The molecule has 0 radical (unpaired) electrons. The highest BCUT2D eigenvalue weighted by molar-refractivity contribution is 5.25. The van der Waals surface area contributed by atoms with Crippen LogP contribution in [0.5, 0.6) is 6.01 Å². The SMILES string of the molecule is CC(C)Oc1nc(N)nc(-n2ccnc2)n1. The third-order valence-electron chi connectivity index (χ3n) is 1.70. The molecule has 16 heavy (non-hydrogen) atoms. The Hall–Kier alpha value is -2.18. The average molecular weight is 220 g/mol. The minimum absolute atomic E-state index is 0.0163. The molecule has 0 bridgehead atoms. The molecular formula is C9H12N6O. The maximum atomic E-state index is 5.57. The topological polar surface area (TPSA) is 91.7 Å². The van der Waals surface area contributed by atoms with Crippen molar-refractivity contribution in [1.82, 2.24) is 24.5 Å². The molecule has 0 saturated heterocycles. The van der Waals surface area contributed by atoms with Crippen molar-refractivity contribution in [2.45, 2.75) is 20.0 Å². The van der Waals surface area contributed by atoms with Crippen LogP contribution in [0.25, 0.3) is 5.95 Å². The van der Waals surface area contributed by atoms with Crippen LogP contribution in [0.15, 0.2) is 18.7 Å². The molecule has 0 atom stereocenters. The summed E-state index contributed by atoms with van der Waals surface area (Å²) in [6.07, 6.45) is 4.91. The Morgan fingerprint density at radius 3 is 2.75 bits per heavy atom. The Balaban J connectivity index is 2.36. The Bertz CT molecular complexity index is 467. The molecular weight excluding hydrogens is 208 g/mol. The number of nitrogen functional groups attached to an aromatic ring is 1. The summed E-state index contributed by atoms with van der Waals surface area (Å²) in [5.41, 5.74) is 5.57. The Morgan fingerprint density at radius 1 is 1.31 bits per heavy atom. The van der Waals surface area contributed by atoms with Gasteiger partial charge in [-0.15, -0.1) is 0 Å². The van der Waals surface area contributed by atoms with Crippen LogP contribution in [0.3, 0.4) is 0 Å². The van der Waals surface area contributed by atoms with Gasteiger partial charge in [0.2, 0.25) is 11.9 Å². The van der Waals surface area contributed by atoms with E-state index in [1.165, 1.54) is 0 Å². The Kier molecular flexibility index (Phi) is 2.67. The number of anilines is 1. The second-order valence-electron chi connectivity index (χ2n) is 3.41. The zero-order chi connectivity index (χ0) is 11.5. The van der Waals surface area contributed by atoms with Gasteiger partial charge in [-0.1, -0.05) is 0 Å². The predicted molar refractivity (Wildman–Crippen MR) is 57.1 cm³/mol. The average Bonchev–Trinajstić information content (AvgIpc) is 2.67. The van der Waals surface area contributed by atoms with Gasteiger partial charge in [-0.3, -0.25) is 4.57 Å². The molecule has 0 aliphatic heterocycles. The van der Waals surface area contributed by atoms with Crippen LogP contribution in [0.2, 0.25) is 0 Å². The summed E-state index contributed by atoms with van der Waals surface area (Å²) in [7, 11) is 0. The molecule has 0 aromatic carbocycles. The van der Waals surface area contributed by atoms with Gasteiger partial charge in [0.1, 0.15) is 6.33 Å². The summed E-state index contributed by atoms with van der Waals surface area (Å²) in [5, 5.41) is 0. The standard InChI is InChI=1S/C9H12N6O/c1-6(2)16-9-13-7(10)12-8(14-9)15-4-3-11-5-15/h3-6H,1-2H3,(H2,10,12,13,14). The van der Waals surface area contributed by atoms with E-state index in [0.717, 1.165) is 0 Å². The largest absolute Gasteiger partial charge is 0.461 e. The van der Waals surface area contributed by atoms with Gasteiger partial charge in [0.05, 0.1) is 6.10 Å². The summed E-state index contributed by atoms with van der Waals surface area (Å²) in [6, 6.07) is 0.214. The molecule has 2 aromatic heterocycles. The lowest BCUT2D eigenvalue weighted by Gasteiger charge is -2.08. The van der Waals surface area contributed by atoms with Crippen LogP contribution in [0.1, 0.15) is 13.8 Å². The molecule has 2 N–H and O–H groups in total. The highest BCUT2D eigenvalue weighted by Crippen LogP contribution is 2.09. The molecule has 7 heteroatoms. The van der Waals surface area contributed by atoms with E-state index in [-0.39, 0.29) is 18.1 Å². The lowest BCUT2D eigenvalue weighted by atomic mass is 10.5. The van der Waals surface area contributed by atoms with Crippen molar-refractivity contribution in [1.29, 1.82) is 0 Å². The monoisotopic (exact) mass is 220 g/mol. The number of hydrogen-bond donors (Lipinski definition) is 1. The lowest BCUT2D eigenvalue weighted by Crippen LogP contribution is -2.12. The third kappa shape index (κ3) is 2.25. The fourth-order valence-corrected chi connectivity index (χ4v) is 1.12. The predicted octanol–water partition coefficient (Wildman–Crippen LogP) is 0.427. The second-order valence-corrected chi connectivity index (χ2v) is 3.41. The minimum Gasteiger partial charge on any atom is -0.461 e. The first kappa shape index (κ1) is 10.3. The van der Waals surface area contributed by atoms with E-state index in [9.17, 15) is 0 Å². The summed E-state index contributed by atoms with van der Waals surface area (Å²) >= 11 is 0. The van der Waals surface area contributed by atoms with E-state index in [0.29, 0.717) is 5.95 Å². The molecule has 84 valence electrons. The zero-order valence-corrected chi connectivity index (χ0v) is 9.03. The zero-order valence-electron chi connectivity index (χ0n) is 9.03. The van der Waals surface area contributed by atoms with Crippen LogP contribution in [0, 0.1) is 0 Å². The van der Waals surface area contributed by atoms with Gasteiger partial charge in [0.25, 0.3) is 0 Å². The van der Waals surface area contributed by atoms with E-state index in [2.05, 4.69) is 19.9 Å². The molecule has 2 aromatic rings. The van der Waals surface area contributed by atoms with E-state index in [1.807, 2.05) is 13.8 Å². The number of nitrogens with zero attached hydrogens (tertiary/aromatic N) is 5. The maximum absolute atomic E-state index is 5.57. The number of hydrogen-bond acceptors (Lipinski definition) is 6. The Labute approximate surface area is 92.3 Å². The van der Waals surface area contributed by atoms with Crippen molar-refractivity contribution in [2.24, 2.45) is 0 Å². The fraction of sp³-hybridized carbons (Fsp3) is 0.333. The van der Waals surface area contributed by atoms with Crippen molar-refractivity contribution >= 4 is 5.95 Å².